The lowest BCUT2D eigenvalue weighted by Crippen LogP contribution is -2.17. The van der Waals surface area contributed by atoms with Crippen LogP contribution in [-0.2, 0) is 6.61 Å². The van der Waals surface area contributed by atoms with Crippen LogP contribution in [0.15, 0.2) is 71.8 Å². The van der Waals surface area contributed by atoms with Crippen LogP contribution in [0.5, 0.6) is 11.5 Å². The number of carbonyl (C=O) groups is 1. The van der Waals surface area contributed by atoms with Gasteiger partial charge in [0, 0.05) is 16.7 Å². The number of nitrogens with one attached hydrogen (secondary N) is 1. The van der Waals surface area contributed by atoms with Gasteiger partial charge in [-0.15, -0.1) is 0 Å². The van der Waals surface area contributed by atoms with Gasteiger partial charge < -0.3 is 9.84 Å². The van der Waals surface area contributed by atoms with Crippen LogP contribution >= 0.6 is 11.6 Å². The Morgan fingerprint density at radius 2 is 1.86 bits per heavy atom. The number of halogens is 2. The number of carbonyl (C=O) groups excluding carboxylic acids is 1. The van der Waals surface area contributed by atoms with Crippen molar-refractivity contribution >= 4 is 23.7 Å². The molecule has 0 radical (unpaired) electrons. The molecule has 3 aromatic rings. The van der Waals surface area contributed by atoms with E-state index in [9.17, 15) is 14.3 Å². The Balaban J connectivity index is 1.58. The highest BCUT2D eigenvalue weighted by atomic mass is 35.5. The van der Waals surface area contributed by atoms with Crippen LogP contribution in [0.2, 0.25) is 5.02 Å². The summed E-state index contributed by atoms with van der Waals surface area (Å²) < 4.78 is 19.3. The summed E-state index contributed by atoms with van der Waals surface area (Å²) >= 11 is 5.96. The second-order valence-electron chi connectivity index (χ2n) is 5.77. The first-order valence-corrected chi connectivity index (χ1v) is 8.69. The Labute approximate surface area is 166 Å². The molecule has 0 bridgehead atoms. The first-order chi connectivity index (χ1) is 13.5. The fourth-order valence-electron chi connectivity index (χ4n) is 2.35. The maximum Gasteiger partial charge on any atom is 0.271 e. The predicted molar refractivity (Wildman–Crippen MR) is 105 cm³/mol. The zero-order valence-electron chi connectivity index (χ0n) is 14.6. The summed E-state index contributed by atoms with van der Waals surface area (Å²) in [5, 5.41) is 13.8. The third-order valence-corrected chi connectivity index (χ3v) is 4.22. The molecule has 0 unspecified atom stereocenters. The lowest BCUT2D eigenvalue weighted by atomic mass is 10.2. The van der Waals surface area contributed by atoms with Gasteiger partial charge in [0.25, 0.3) is 5.91 Å². The molecule has 0 aromatic heterocycles. The first-order valence-electron chi connectivity index (χ1n) is 8.32. The van der Waals surface area contributed by atoms with E-state index in [1.165, 1.54) is 24.4 Å². The monoisotopic (exact) mass is 398 g/mol. The summed E-state index contributed by atoms with van der Waals surface area (Å²) in [6, 6.07) is 17.4. The molecule has 2 N–H and O–H groups in total. The number of hydrogen-bond donors (Lipinski definition) is 2. The number of phenolic OH excluding ortho intramolecular Hbond substituents is 1. The molecule has 3 rings (SSSR count). The third kappa shape index (κ3) is 4.86. The van der Waals surface area contributed by atoms with E-state index in [2.05, 4.69) is 10.5 Å². The normalized spacial score (nSPS) is 10.8. The summed E-state index contributed by atoms with van der Waals surface area (Å²) in [5.41, 5.74) is 3.50. The SMILES string of the molecule is O=C(N/N=C/c1ccccc1O)c1ccc(OCc2c(F)cccc2Cl)cc1. The molecule has 5 nitrogen and oxygen atoms in total. The highest BCUT2D eigenvalue weighted by molar-refractivity contribution is 6.31. The van der Waals surface area contributed by atoms with Crippen LogP contribution in [0.4, 0.5) is 4.39 Å². The van der Waals surface area contributed by atoms with Gasteiger partial charge >= 0.3 is 0 Å². The number of benzene rings is 3. The van der Waals surface area contributed by atoms with E-state index in [1.54, 1.807) is 48.5 Å². The fraction of sp³-hybridized carbons (Fsp3) is 0.0476. The van der Waals surface area contributed by atoms with Gasteiger partial charge in [0.05, 0.1) is 11.2 Å². The average molecular weight is 399 g/mol. The van der Waals surface area contributed by atoms with Gasteiger partial charge in [-0.2, -0.15) is 5.10 Å². The molecule has 0 saturated heterocycles. The van der Waals surface area contributed by atoms with Crippen molar-refractivity contribution in [2.45, 2.75) is 6.61 Å². The van der Waals surface area contributed by atoms with Gasteiger partial charge in [0.1, 0.15) is 23.9 Å². The molecular formula is C21H16ClFN2O3. The van der Waals surface area contributed by atoms with Gasteiger partial charge in [0.15, 0.2) is 0 Å². The van der Waals surface area contributed by atoms with Crippen LogP contribution < -0.4 is 10.2 Å². The smallest absolute Gasteiger partial charge is 0.271 e. The van der Waals surface area contributed by atoms with E-state index in [0.29, 0.717) is 21.9 Å². The Hall–Kier alpha value is -3.38. The summed E-state index contributed by atoms with van der Waals surface area (Å²) in [6.07, 6.45) is 1.35. The summed E-state index contributed by atoms with van der Waals surface area (Å²) in [6.45, 7) is -0.0259. The molecule has 0 atom stereocenters. The van der Waals surface area contributed by atoms with E-state index >= 15 is 0 Å². The molecule has 0 spiro atoms. The zero-order chi connectivity index (χ0) is 19.9. The van der Waals surface area contributed by atoms with E-state index in [1.807, 2.05) is 0 Å². The van der Waals surface area contributed by atoms with Crippen LogP contribution in [0.1, 0.15) is 21.5 Å². The Kier molecular flexibility index (Phi) is 6.24. The second-order valence-corrected chi connectivity index (χ2v) is 6.18. The van der Waals surface area contributed by atoms with Crippen molar-refractivity contribution in [1.29, 1.82) is 0 Å². The van der Waals surface area contributed by atoms with Gasteiger partial charge in [-0.25, -0.2) is 9.82 Å². The lowest BCUT2D eigenvalue weighted by molar-refractivity contribution is 0.0955. The van der Waals surface area contributed by atoms with E-state index in [-0.39, 0.29) is 17.9 Å². The predicted octanol–water partition coefficient (Wildman–Crippen LogP) is 4.53. The van der Waals surface area contributed by atoms with Gasteiger partial charge in [-0.3, -0.25) is 4.79 Å². The topological polar surface area (TPSA) is 70.9 Å². The summed E-state index contributed by atoms with van der Waals surface area (Å²) in [4.78, 5) is 12.1. The minimum atomic E-state index is -0.439. The van der Waals surface area contributed by atoms with Crippen LogP contribution in [0.25, 0.3) is 0 Å². The number of para-hydroxylation sites is 1. The lowest BCUT2D eigenvalue weighted by Gasteiger charge is -2.09. The molecule has 28 heavy (non-hydrogen) atoms. The molecule has 0 aliphatic carbocycles. The molecule has 0 aliphatic rings. The van der Waals surface area contributed by atoms with Crippen molar-refractivity contribution in [3.8, 4) is 11.5 Å². The molecule has 1 amide bonds. The number of phenols is 1. The summed E-state index contributed by atoms with van der Waals surface area (Å²) in [5.74, 6) is -0.327. The van der Waals surface area contributed by atoms with E-state index in [0.717, 1.165) is 0 Å². The number of hydrogen-bond acceptors (Lipinski definition) is 4. The maximum atomic E-state index is 13.7. The minimum Gasteiger partial charge on any atom is -0.507 e. The van der Waals surface area contributed by atoms with Crippen molar-refractivity contribution in [1.82, 2.24) is 5.43 Å². The quantitative estimate of drug-likeness (QED) is 0.473. The molecule has 0 heterocycles. The maximum absolute atomic E-state index is 13.7. The fourth-order valence-corrected chi connectivity index (χ4v) is 2.57. The highest BCUT2D eigenvalue weighted by Gasteiger charge is 2.09. The van der Waals surface area contributed by atoms with Crippen LogP contribution in [0.3, 0.4) is 0 Å². The Morgan fingerprint density at radius 3 is 2.57 bits per heavy atom. The molecule has 7 heteroatoms. The second kappa shape index (κ2) is 9.01. The van der Waals surface area contributed by atoms with E-state index in [4.69, 9.17) is 16.3 Å². The van der Waals surface area contributed by atoms with Crippen molar-refractivity contribution in [2.75, 3.05) is 0 Å². The molecule has 3 aromatic carbocycles. The number of ether oxygens (including phenoxy) is 1. The number of amides is 1. The van der Waals surface area contributed by atoms with Crippen molar-refractivity contribution in [2.24, 2.45) is 5.10 Å². The van der Waals surface area contributed by atoms with E-state index < -0.39 is 11.7 Å². The zero-order valence-corrected chi connectivity index (χ0v) is 15.4. The highest BCUT2D eigenvalue weighted by Crippen LogP contribution is 2.21. The minimum absolute atomic E-state index is 0.0259. The molecular weight excluding hydrogens is 383 g/mol. The van der Waals surface area contributed by atoms with Crippen LogP contribution in [-0.4, -0.2) is 17.2 Å². The first kappa shape index (κ1) is 19.4. The van der Waals surface area contributed by atoms with Crippen LogP contribution in [0, 0.1) is 5.82 Å². The standard InChI is InChI=1S/C21H16ClFN2O3/c22-18-5-3-6-19(23)17(18)13-28-16-10-8-14(9-11-16)21(27)25-24-12-15-4-1-2-7-20(15)26/h1-12,26H,13H2,(H,25,27)/b24-12+. The van der Waals surface area contributed by atoms with Crippen molar-refractivity contribution in [3.05, 3.63) is 94.3 Å². The third-order valence-electron chi connectivity index (χ3n) is 3.87. The molecule has 0 saturated carbocycles. The Morgan fingerprint density at radius 1 is 1.11 bits per heavy atom. The number of aromatic hydroxyl groups is 1. The number of rotatable bonds is 6. The van der Waals surface area contributed by atoms with Gasteiger partial charge in [-0.1, -0.05) is 29.8 Å². The molecule has 0 fully saturated rings. The number of nitrogens with zero attached hydrogens (tertiary/aromatic N) is 1. The largest absolute Gasteiger partial charge is 0.507 e. The molecule has 0 aliphatic heterocycles. The summed E-state index contributed by atoms with van der Waals surface area (Å²) in [7, 11) is 0. The Bertz CT molecular complexity index is 987. The van der Waals surface area contributed by atoms with Gasteiger partial charge in [0.2, 0.25) is 0 Å². The van der Waals surface area contributed by atoms with Crippen molar-refractivity contribution in [3.63, 3.8) is 0 Å². The van der Waals surface area contributed by atoms with Crippen molar-refractivity contribution < 1.29 is 19.0 Å². The molecule has 142 valence electrons. The van der Waals surface area contributed by atoms with Gasteiger partial charge in [-0.05, 0) is 48.5 Å². The number of hydrazone groups is 1. The average Bonchev–Trinajstić information content (AvgIpc) is 2.69.